The number of aromatic amines is 1. The van der Waals surface area contributed by atoms with Crippen LogP contribution in [0.3, 0.4) is 0 Å². The number of pyridine rings is 1. The highest BCUT2D eigenvalue weighted by molar-refractivity contribution is 5.57. The summed E-state index contributed by atoms with van der Waals surface area (Å²) in [5.41, 5.74) is 4.18. The van der Waals surface area contributed by atoms with Crippen LogP contribution in [-0.2, 0) is 19.5 Å². The molecule has 2 aromatic heterocycles. The van der Waals surface area contributed by atoms with Gasteiger partial charge in [-0.25, -0.2) is 9.97 Å². The van der Waals surface area contributed by atoms with Gasteiger partial charge in [-0.1, -0.05) is 31.2 Å². The molecule has 3 heterocycles. The third-order valence-corrected chi connectivity index (χ3v) is 4.34. The standard InChI is InChI=1S/C19H18N4O/c1-2-16-9-18(24)22-19(21-16)13-7-8-17(20-10-13)23-11-14-5-3-4-6-15(14)12-23/h3-10H,2,11-12H2,1H3,(H,21,22,24). The number of nitrogens with one attached hydrogen (secondary N) is 1. The van der Waals surface area contributed by atoms with Crippen LogP contribution in [0, 0.1) is 0 Å². The molecule has 0 spiro atoms. The van der Waals surface area contributed by atoms with Gasteiger partial charge in [-0.15, -0.1) is 0 Å². The minimum atomic E-state index is -0.129. The topological polar surface area (TPSA) is 61.9 Å². The molecule has 0 amide bonds. The first-order valence-corrected chi connectivity index (χ1v) is 8.11. The lowest BCUT2D eigenvalue weighted by Crippen LogP contribution is -2.16. The Morgan fingerprint density at radius 3 is 2.50 bits per heavy atom. The van der Waals surface area contributed by atoms with Crippen LogP contribution in [-0.4, -0.2) is 15.0 Å². The summed E-state index contributed by atoms with van der Waals surface area (Å²) in [5.74, 6) is 1.51. The van der Waals surface area contributed by atoms with Gasteiger partial charge in [0, 0.05) is 36.6 Å². The normalized spacial score (nSPS) is 13.1. The molecule has 1 aliphatic rings. The minimum absolute atomic E-state index is 0.129. The number of hydrogen-bond acceptors (Lipinski definition) is 4. The Hall–Kier alpha value is -2.95. The van der Waals surface area contributed by atoms with Crippen LogP contribution in [0.2, 0.25) is 0 Å². The van der Waals surface area contributed by atoms with Crippen molar-refractivity contribution < 1.29 is 0 Å². The summed E-state index contributed by atoms with van der Waals surface area (Å²) in [5, 5.41) is 0. The summed E-state index contributed by atoms with van der Waals surface area (Å²) < 4.78 is 0. The molecule has 0 atom stereocenters. The van der Waals surface area contributed by atoms with Crippen molar-refractivity contribution in [3.63, 3.8) is 0 Å². The van der Waals surface area contributed by atoms with Crippen LogP contribution in [0.5, 0.6) is 0 Å². The lowest BCUT2D eigenvalue weighted by Gasteiger charge is -2.16. The quantitative estimate of drug-likeness (QED) is 0.806. The van der Waals surface area contributed by atoms with Crippen molar-refractivity contribution >= 4 is 5.82 Å². The van der Waals surface area contributed by atoms with E-state index in [9.17, 15) is 4.79 Å². The van der Waals surface area contributed by atoms with Crippen LogP contribution in [0.1, 0.15) is 23.7 Å². The maximum atomic E-state index is 11.7. The Bertz CT molecular complexity index is 906. The van der Waals surface area contributed by atoms with Gasteiger partial charge in [-0.05, 0) is 29.7 Å². The zero-order valence-electron chi connectivity index (χ0n) is 13.5. The molecular weight excluding hydrogens is 300 g/mol. The molecule has 0 fully saturated rings. The molecule has 120 valence electrons. The lowest BCUT2D eigenvalue weighted by atomic mass is 10.1. The number of aryl methyl sites for hydroxylation is 1. The maximum absolute atomic E-state index is 11.7. The fraction of sp³-hybridized carbons (Fsp3) is 0.211. The molecule has 0 unspecified atom stereocenters. The van der Waals surface area contributed by atoms with Crippen LogP contribution >= 0.6 is 0 Å². The van der Waals surface area contributed by atoms with Crippen LogP contribution < -0.4 is 10.5 Å². The predicted molar refractivity (Wildman–Crippen MR) is 93.8 cm³/mol. The highest BCUT2D eigenvalue weighted by Crippen LogP contribution is 2.27. The van der Waals surface area contributed by atoms with E-state index in [4.69, 9.17) is 0 Å². The second kappa shape index (κ2) is 5.92. The van der Waals surface area contributed by atoms with E-state index in [0.29, 0.717) is 5.82 Å². The van der Waals surface area contributed by atoms with E-state index < -0.39 is 0 Å². The monoisotopic (exact) mass is 318 g/mol. The summed E-state index contributed by atoms with van der Waals surface area (Å²) in [6.07, 6.45) is 2.50. The van der Waals surface area contributed by atoms with Crippen LogP contribution in [0.4, 0.5) is 5.82 Å². The van der Waals surface area contributed by atoms with Crippen molar-refractivity contribution in [2.45, 2.75) is 26.4 Å². The number of anilines is 1. The smallest absolute Gasteiger partial charge is 0.251 e. The van der Waals surface area contributed by atoms with Gasteiger partial charge in [0.2, 0.25) is 0 Å². The zero-order chi connectivity index (χ0) is 16.5. The highest BCUT2D eigenvalue weighted by atomic mass is 16.1. The zero-order valence-corrected chi connectivity index (χ0v) is 13.5. The number of hydrogen-bond donors (Lipinski definition) is 1. The average Bonchev–Trinajstić information content (AvgIpc) is 3.05. The minimum Gasteiger partial charge on any atom is -0.348 e. The SMILES string of the molecule is CCc1cc(=O)[nH]c(-c2ccc(N3Cc4ccccc4C3)nc2)n1. The van der Waals surface area contributed by atoms with E-state index in [1.165, 1.54) is 17.2 Å². The van der Waals surface area contributed by atoms with Gasteiger partial charge < -0.3 is 9.88 Å². The Balaban J connectivity index is 1.60. The summed E-state index contributed by atoms with van der Waals surface area (Å²) >= 11 is 0. The Labute approximate surface area is 140 Å². The third-order valence-electron chi connectivity index (χ3n) is 4.34. The van der Waals surface area contributed by atoms with E-state index >= 15 is 0 Å². The fourth-order valence-corrected chi connectivity index (χ4v) is 3.03. The second-order valence-corrected chi connectivity index (χ2v) is 5.97. The van der Waals surface area contributed by atoms with Gasteiger partial charge in [-0.2, -0.15) is 0 Å². The average molecular weight is 318 g/mol. The number of fused-ring (bicyclic) bond motifs is 1. The maximum Gasteiger partial charge on any atom is 0.251 e. The number of benzene rings is 1. The van der Waals surface area contributed by atoms with Crippen LogP contribution in [0.15, 0.2) is 53.5 Å². The molecule has 24 heavy (non-hydrogen) atoms. The van der Waals surface area contributed by atoms with Crippen molar-refractivity contribution in [2.75, 3.05) is 4.90 Å². The fourth-order valence-electron chi connectivity index (χ4n) is 3.03. The first-order valence-electron chi connectivity index (χ1n) is 8.11. The molecule has 5 heteroatoms. The van der Waals surface area contributed by atoms with Crippen molar-refractivity contribution in [1.29, 1.82) is 0 Å². The molecule has 1 N–H and O–H groups in total. The summed E-state index contributed by atoms with van der Waals surface area (Å²) in [6.45, 7) is 3.74. The molecule has 0 saturated carbocycles. The molecule has 0 bridgehead atoms. The Kier molecular flexibility index (Phi) is 3.61. The molecule has 1 aromatic carbocycles. The largest absolute Gasteiger partial charge is 0.348 e. The summed E-state index contributed by atoms with van der Waals surface area (Å²) in [7, 11) is 0. The van der Waals surface area contributed by atoms with Crippen molar-refractivity contribution in [3.8, 4) is 11.4 Å². The van der Waals surface area contributed by atoms with Crippen LogP contribution in [0.25, 0.3) is 11.4 Å². The van der Waals surface area contributed by atoms with Gasteiger partial charge >= 0.3 is 0 Å². The van der Waals surface area contributed by atoms with E-state index in [0.717, 1.165) is 36.6 Å². The molecule has 1 aliphatic heterocycles. The first kappa shape index (κ1) is 14.6. The van der Waals surface area contributed by atoms with E-state index in [2.05, 4.69) is 44.1 Å². The van der Waals surface area contributed by atoms with E-state index in [1.807, 2.05) is 19.1 Å². The van der Waals surface area contributed by atoms with Gasteiger partial charge in [0.25, 0.3) is 5.56 Å². The molecule has 4 rings (SSSR count). The molecule has 3 aromatic rings. The van der Waals surface area contributed by atoms with Gasteiger partial charge in [0.05, 0.1) is 0 Å². The molecule has 0 radical (unpaired) electrons. The van der Waals surface area contributed by atoms with Crippen molar-refractivity contribution in [3.05, 3.63) is 75.8 Å². The van der Waals surface area contributed by atoms with Gasteiger partial charge in [0.15, 0.2) is 0 Å². The van der Waals surface area contributed by atoms with Crippen molar-refractivity contribution in [2.24, 2.45) is 0 Å². The Morgan fingerprint density at radius 1 is 1.12 bits per heavy atom. The first-order chi connectivity index (χ1) is 11.7. The molecule has 0 aliphatic carbocycles. The number of rotatable bonds is 3. The summed E-state index contributed by atoms with van der Waals surface area (Å²) in [4.78, 5) is 25.8. The van der Waals surface area contributed by atoms with E-state index in [-0.39, 0.29) is 5.56 Å². The summed E-state index contributed by atoms with van der Waals surface area (Å²) in [6, 6.07) is 13.9. The number of H-pyrrole nitrogens is 1. The predicted octanol–water partition coefficient (Wildman–Crippen LogP) is 2.91. The second-order valence-electron chi connectivity index (χ2n) is 5.97. The number of nitrogens with zero attached hydrogens (tertiary/aromatic N) is 3. The number of aromatic nitrogens is 3. The molecule has 5 nitrogen and oxygen atoms in total. The highest BCUT2D eigenvalue weighted by Gasteiger charge is 2.19. The molecular formula is C19H18N4O. The van der Waals surface area contributed by atoms with Gasteiger partial charge in [0.1, 0.15) is 11.6 Å². The lowest BCUT2D eigenvalue weighted by molar-refractivity contribution is 0.857. The molecule has 0 saturated heterocycles. The third kappa shape index (κ3) is 2.69. The Morgan fingerprint density at radius 2 is 1.88 bits per heavy atom. The van der Waals surface area contributed by atoms with E-state index in [1.54, 1.807) is 6.20 Å². The van der Waals surface area contributed by atoms with Gasteiger partial charge in [-0.3, -0.25) is 4.79 Å². The van der Waals surface area contributed by atoms with Crippen molar-refractivity contribution in [1.82, 2.24) is 15.0 Å².